The lowest BCUT2D eigenvalue weighted by Crippen LogP contribution is -2.71. The van der Waals surface area contributed by atoms with E-state index in [1.165, 1.54) is 24.3 Å². The Balaban J connectivity index is 1.79. The highest BCUT2D eigenvalue weighted by Crippen LogP contribution is 2.40. The number of aliphatic hydroxyl groups excluding tert-OH is 1. The average Bonchev–Trinajstić information content (AvgIpc) is 3.08. The second kappa shape index (κ2) is 7.54. The Morgan fingerprint density at radius 2 is 2.30 bits per heavy atom. The number of aromatic nitrogens is 1. The minimum Gasteiger partial charge on any atom is -0.477 e. The number of carboxylic acids is 1. The number of anilines is 1. The Hall–Kier alpha value is -2.64. The molecule has 5 N–H and O–H groups in total. The molecule has 2 aliphatic rings. The van der Waals surface area contributed by atoms with E-state index in [0.717, 1.165) is 16.2 Å². The van der Waals surface area contributed by atoms with Crippen LogP contribution in [0.3, 0.4) is 0 Å². The van der Waals surface area contributed by atoms with Crippen LogP contribution in [0.15, 0.2) is 21.8 Å². The number of aliphatic carboxylic acids is 1. The van der Waals surface area contributed by atoms with Crippen molar-refractivity contribution >= 4 is 51.7 Å². The first-order valence-electron chi connectivity index (χ1n) is 7.53. The third kappa shape index (κ3) is 3.36. The molecule has 0 spiro atoms. The number of oxime groups is 1. The molecule has 1 aromatic rings. The van der Waals surface area contributed by atoms with E-state index in [1.807, 2.05) is 0 Å². The Morgan fingerprint density at radius 1 is 1.56 bits per heavy atom. The molecule has 0 saturated carbocycles. The molecule has 1 aromatic heterocycles. The maximum atomic E-state index is 12.6. The second-order valence-corrected chi connectivity index (χ2v) is 7.46. The van der Waals surface area contributed by atoms with E-state index in [0.29, 0.717) is 0 Å². The Bertz CT molecular complexity index is 866. The van der Waals surface area contributed by atoms with Crippen LogP contribution < -0.4 is 11.1 Å². The molecule has 1 saturated heterocycles. The van der Waals surface area contributed by atoms with Crippen LogP contribution >= 0.6 is 23.1 Å². The number of fused-ring (bicyclic) bond motifs is 1. The number of hydrogen-bond acceptors (Lipinski definition) is 10. The predicted octanol–water partition coefficient (Wildman–Crippen LogP) is -1.19. The molecule has 2 atom stereocenters. The summed E-state index contributed by atoms with van der Waals surface area (Å²) in [4.78, 5) is 46.2. The summed E-state index contributed by atoms with van der Waals surface area (Å²) in [6, 6.07) is -0.935. The first-order valence-corrected chi connectivity index (χ1v) is 9.46. The molecule has 0 radical (unpaired) electrons. The van der Waals surface area contributed by atoms with Crippen LogP contribution in [0.2, 0.25) is 0 Å². The van der Waals surface area contributed by atoms with Gasteiger partial charge in [-0.25, -0.2) is 9.78 Å². The number of nitrogens with two attached hydrogens (primary N) is 1. The van der Waals surface area contributed by atoms with Crippen molar-refractivity contribution in [2.75, 3.05) is 25.2 Å². The zero-order valence-corrected chi connectivity index (χ0v) is 15.5. The minimum absolute atomic E-state index is 0.150. The number of carbonyl (C=O) groups excluding carboxylic acids is 2. The van der Waals surface area contributed by atoms with Gasteiger partial charge in [0.15, 0.2) is 10.8 Å². The van der Waals surface area contributed by atoms with Gasteiger partial charge in [0.05, 0.1) is 6.61 Å². The van der Waals surface area contributed by atoms with E-state index in [9.17, 15) is 24.6 Å². The Morgan fingerprint density at radius 3 is 2.85 bits per heavy atom. The lowest BCUT2D eigenvalue weighted by atomic mass is 10.0. The van der Waals surface area contributed by atoms with Gasteiger partial charge in [0.25, 0.3) is 11.8 Å². The van der Waals surface area contributed by atoms with E-state index in [-0.39, 0.29) is 33.6 Å². The monoisotopic (exact) mass is 413 g/mol. The normalized spacial score (nSPS) is 22.2. The average molecular weight is 413 g/mol. The molecule has 0 unspecified atom stereocenters. The van der Waals surface area contributed by atoms with Gasteiger partial charge in [-0.05, 0) is 5.57 Å². The molecule has 13 heteroatoms. The largest absolute Gasteiger partial charge is 0.477 e. The highest BCUT2D eigenvalue weighted by molar-refractivity contribution is 8.00. The molecule has 0 bridgehead atoms. The summed E-state index contributed by atoms with van der Waals surface area (Å²) in [7, 11) is 1.26. The van der Waals surface area contributed by atoms with Crippen molar-refractivity contribution in [2.24, 2.45) is 5.16 Å². The third-order valence-corrected chi connectivity index (χ3v) is 5.90. The standard InChI is InChI=1S/C14H15N5O6S2/c1-25-18-7(6-4-27-14(15)16-6)10(21)17-8-11(22)19-9(13(23)24)5(2-20)3-26-12(8)19/h4,8,12,20H,2-3H2,1H3,(H2,15,16)(H,17,21)(H,23,24)/b18-7-/t8-,12-/m1/s1. The fraction of sp³-hybridized carbons (Fsp3) is 0.357. The lowest BCUT2D eigenvalue weighted by molar-refractivity contribution is -0.150. The minimum atomic E-state index is -1.30. The van der Waals surface area contributed by atoms with Crippen LogP contribution in [0.4, 0.5) is 5.13 Å². The van der Waals surface area contributed by atoms with Gasteiger partial charge in [-0.1, -0.05) is 5.16 Å². The van der Waals surface area contributed by atoms with Crippen LogP contribution in [-0.2, 0) is 19.2 Å². The van der Waals surface area contributed by atoms with Gasteiger partial charge in [-0.3, -0.25) is 14.5 Å². The van der Waals surface area contributed by atoms with E-state index >= 15 is 0 Å². The van der Waals surface area contributed by atoms with E-state index in [2.05, 4.69) is 20.3 Å². The summed E-state index contributed by atoms with van der Waals surface area (Å²) >= 11 is 2.37. The van der Waals surface area contributed by atoms with Gasteiger partial charge >= 0.3 is 5.97 Å². The molecule has 2 aliphatic heterocycles. The van der Waals surface area contributed by atoms with Crippen LogP contribution in [0, 0.1) is 0 Å². The van der Waals surface area contributed by atoms with Crippen LogP contribution in [0.1, 0.15) is 5.69 Å². The molecule has 1 fully saturated rings. The number of hydrogen-bond donors (Lipinski definition) is 4. The van der Waals surface area contributed by atoms with Crippen molar-refractivity contribution in [3.8, 4) is 0 Å². The number of nitrogen functional groups attached to an aromatic ring is 1. The number of thiazole rings is 1. The molecular formula is C14H15N5O6S2. The fourth-order valence-electron chi connectivity index (χ4n) is 2.71. The quantitative estimate of drug-likeness (QED) is 0.254. The maximum absolute atomic E-state index is 12.6. The highest BCUT2D eigenvalue weighted by atomic mass is 32.2. The van der Waals surface area contributed by atoms with Crippen molar-refractivity contribution in [1.29, 1.82) is 0 Å². The summed E-state index contributed by atoms with van der Waals surface area (Å²) in [5.41, 5.74) is 5.62. The highest BCUT2D eigenvalue weighted by Gasteiger charge is 2.54. The van der Waals surface area contributed by atoms with Crippen molar-refractivity contribution in [3.05, 3.63) is 22.3 Å². The number of nitrogens with one attached hydrogen (secondary N) is 1. The van der Waals surface area contributed by atoms with E-state index in [4.69, 9.17) is 5.73 Å². The maximum Gasteiger partial charge on any atom is 0.352 e. The molecule has 2 amide bonds. The van der Waals surface area contributed by atoms with Gasteiger partial charge in [-0.15, -0.1) is 23.1 Å². The number of nitrogens with zero attached hydrogens (tertiary/aromatic N) is 3. The van der Waals surface area contributed by atoms with Gasteiger partial charge < -0.3 is 26.1 Å². The smallest absolute Gasteiger partial charge is 0.352 e. The van der Waals surface area contributed by atoms with Gasteiger partial charge in [-0.2, -0.15) is 0 Å². The van der Waals surface area contributed by atoms with Crippen LogP contribution in [0.5, 0.6) is 0 Å². The molecule has 11 nitrogen and oxygen atoms in total. The van der Waals surface area contributed by atoms with Crippen molar-refractivity contribution in [1.82, 2.24) is 15.2 Å². The van der Waals surface area contributed by atoms with Crippen LogP contribution in [0.25, 0.3) is 0 Å². The first-order chi connectivity index (χ1) is 12.9. The number of amides is 2. The van der Waals surface area contributed by atoms with Crippen molar-refractivity contribution < 1.29 is 29.4 Å². The summed E-state index contributed by atoms with van der Waals surface area (Å²) in [5, 5.41) is 26.0. The molecule has 3 rings (SSSR count). The number of β-lactam (4-membered cyclic amide) rings is 1. The molecule has 144 valence electrons. The number of rotatable bonds is 6. The van der Waals surface area contributed by atoms with Gasteiger partial charge in [0, 0.05) is 11.1 Å². The number of thioether (sulfide) groups is 1. The lowest BCUT2D eigenvalue weighted by Gasteiger charge is -2.49. The first kappa shape index (κ1) is 19.1. The van der Waals surface area contributed by atoms with E-state index < -0.39 is 35.8 Å². The number of carboxylic acid groups (broad SMARTS) is 1. The Labute approximate surface area is 160 Å². The summed E-state index contributed by atoms with van der Waals surface area (Å²) in [5.74, 6) is -2.35. The van der Waals surface area contributed by atoms with Crippen molar-refractivity contribution in [3.63, 3.8) is 0 Å². The summed E-state index contributed by atoms with van der Waals surface area (Å²) < 4.78 is 0. The fourth-order valence-corrected chi connectivity index (χ4v) is 4.59. The van der Waals surface area contributed by atoms with Gasteiger partial charge in [0.2, 0.25) is 0 Å². The summed E-state index contributed by atoms with van der Waals surface area (Å²) in [6.45, 7) is -0.460. The third-order valence-electron chi connectivity index (χ3n) is 3.89. The van der Waals surface area contributed by atoms with Crippen molar-refractivity contribution in [2.45, 2.75) is 11.4 Å². The number of carbonyl (C=O) groups is 3. The Kier molecular flexibility index (Phi) is 5.34. The SMILES string of the molecule is CO/N=C(\C(=O)N[C@@H]1C(=O)N2C(C(=O)O)=C(CO)CS[C@H]12)c1csc(N)n1. The molecule has 0 aromatic carbocycles. The predicted molar refractivity (Wildman–Crippen MR) is 96.8 cm³/mol. The molecular weight excluding hydrogens is 398 g/mol. The van der Waals surface area contributed by atoms with Crippen LogP contribution in [-0.4, -0.2) is 74.5 Å². The second-order valence-electron chi connectivity index (χ2n) is 5.47. The zero-order chi connectivity index (χ0) is 19.7. The molecule has 27 heavy (non-hydrogen) atoms. The zero-order valence-electron chi connectivity index (χ0n) is 13.9. The van der Waals surface area contributed by atoms with E-state index in [1.54, 1.807) is 0 Å². The topological polar surface area (TPSA) is 167 Å². The molecule has 3 heterocycles. The summed E-state index contributed by atoms with van der Waals surface area (Å²) in [6.07, 6.45) is 0. The van der Waals surface area contributed by atoms with Gasteiger partial charge in [0.1, 0.15) is 29.9 Å². The number of aliphatic hydroxyl groups is 1. The molecule has 0 aliphatic carbocycles.